The lowest BCUT2D eigenvalue weighted by Crippen LogP contribution is -2.35. The van der Waals surface area contributed by atoms with Gasteiger partial charge in [0.25, 0.3) is 0 Å². The van der Waals surface area contributed by atoms with Crippen molar-refractivity contribution in [3.05, 3.63) is 48.6 Å². The van der Waals surface area contributed by atoms with Crippen molar-refractivity contribution in [2.75, 3.05) is 6.54 Å². The molecule has 0 aliphatic carbocycles. The molecular weight excluding hydrogens is 222 g/mol. The largest absolute Gasteiger partial charge is 0.280 e. The Bertz CT molecular complexity index is 474. The van der Waals surface area contributed by atoms with Crippen molar-refractivity contribution in [1.29, 1.82) is 5.26 Å². The number of hydrogen-bond donors (Lipinski definition) is 0. The zero-order chi connectivity index (χ0) is 13.0. The molecule has 18 heavy (non-hydrogen) atoms. The van der Waals surface area contributed by atoms with Crippen LogP contribution in [-0.2, 0) is 6.54 Å². The SMILES string of the molecule is C=C[C@@]1(C#N)CCN(Cc2ccccc2)C1N=C. The van der Waals surface area contributed by atoms with E-state index in [-0.39, 0.29) is 6.17 Å². The molecule has 1 aliphatic rings. The fraction of sp³-hybridized carbons (Fsp3) is 0.333. The Morgan fingerprint density at radius 1 is 1.50 bits per heavy atom. The quantitative estimate of drug-likeness (QED) is 0.598. The van der Waals surface area contributed by atoms with E-state index in [1.54, 1.807) is 6.08 Å². The molecule has 0 bridgehead atoms. The summed E-state index contributed by atoms with van der Waals surface area (Å²) in [7, 11) is 0. The molecule has 3 heteroatoms. The maximum absolute atomic E-state index is 9.37. The van der Waals surface area contributed by atoms with E-state index in [2.05, 4.69) is 41.4 Å². The fourth-order valence-corrected chi connectivity index (χ4v) is 2.53. The summed E-state index contributed by atoms with van der Waals surface area (Å²) < 4.78 is 0. The molecule has 0 spiro atoms. The second-order valence-corrected chi connectivity index (χ2v) is 4.62. The van der Waals surface area contributed by atoms with E-state index in [0.29, 0.717) is 0 Å². The van der Waals surface area contributed by atoms with Crippen LogP contribution in [0.2, 0.25) is 0 Å². The van der Waals surface area contributed by atoms with E-state index < -0.39 is 5.41 Å². The molecule has 1 aromatic carbocycles. The van der Waals surface area contributed by atoms with Gasteiger partial charge in [-0.15, -0.1) is 6.58 Å². The number of hydrogen-bond acceptors (Lipinski definition) is 3. The average Bonchev–Trinajstić information content (AvgIpc) is 2.78. The van der Waals surface area contributed by atoms with Gasteiger partial charge in [-0.3, -0.25) is 9.89 Å². The summed E-state index contributed by atoms with van der Waals surface area (Å²) in [6.07, 6.45) is 2.29. The van der Waals surface area contributed by atoms with Crippen LogP contribution in [-0.4, -0.2) is 24.3 Å². The minimum atomic E-state index is -0.587. The molecule has 2 rings (SSSR count). The van der Waals surface area contributed by atoms with E-state index in [4.69, 9.17) is 0 Å². The lowest BCUT2D eigenvalue weighted by atomic mass is 9.86. The lowest BCUT2D eigenvalue weighted by molar-refractivity contribution is 0.218. The van der Waals surface area contributed by atoms with E-state index in [0.717, 1.165) is 19.5 Å². The van der Waals surface area contributed by atoms with Crippen LogP contribution in [0.15, 0.2) is 48.0 Å². The smallest absolute Gasteiger partial charge is 0.124 e. The van der Waals surface area contributed by atoms with Crippen LogP contribution in [0.5, 0.6) is 0 Å². The molecule has 92 valence electrons. The zero-order valence-corrected chi connectivity index (χ0v) is 10.4. The van der Waals surface area contributed by atoms with E-state index >= 15 is 0 Å². The molecule has 2 atom stereocenters. The normalized spacial score (nSPS) is 27.6. The molecule has 1 heterocycles. The third kappa shape index (κ3) is 2.07. The van der Waals surface area contributed by atoms with Crippen molar-refractivity contribution >= 4 is 6.72 Å². The van der Waals surface area contributed by atoms with Gasteiger partial charge in [-0.05, 0) is 18.7 Å². The van der Waals surface area contributed by atoms with Crippen LogP contribution in [0.1, 0.15) is 12.0 Å². The number of nitrogens with zero attached hydrogens (tertiary/aromatic N) is 3. The highest BCUT2D eigenvalue weighted by molar-refractivity contribution is 5.29. The first-order valence-corrected chi connectivity index (χ1v) is 6.04. The molecule has 0 amide bonds. The van der Waals surface area contributed by atoms with Crippen LogP contribution >= 0.6 is 0 Å². The zero-order valence-electron chi connectivity index (χ0n) is 10.4. The topological polar surface area (TPSA) is 39.4 Å². The Balaban J connectivity index is 2.19. The number of rotatable bonds is 4. The van der Waals surface area contributed by atoms with Gasteiger partial charge in [0.1, 0.15) is 11.6 Å². The monoisotopic (exact) mass is 239 g/mol. The highest BCUT2D eigenvalue weighted by Gasteiger charge is 2.45. The summed E-state index contributed by atoms with van der Waals surface area (Å²) in [6.45, 7) is 9.06. The summed E-state index contributed by atoms with van der Waals surface area (Å²) in [4.78, 5) is 6.33. The molecular formula is C15H17N3. The number of nitriles is 1. The van der Waals surface area contributed by atoms with Crippen molar-refractivity contribution in [1.82, 2.24) is 4.90 Å². The van der Waals surface area contributed by atoms with Gasteiger partial charge in [-0.25, -0.2) is 0 Å². The van der Waals surface area contributed by atoms with Crippen LogP contribution < -0.4 is 0 Å². The van der Waals surface area contributed by atoms with Gasteiger partial charge in [-0.1, -0.05) is 36.4 Å². The predicted octanol–water partition coefficient (Wildman–Crippen LogP) is 2.61. The summed E-state index contributed by atoms with van der Waals surface area (Å²) in [5.74, 6) is 0. The number of aliphatic imine (C=N–C) groups is 1. The first kappa shape index (κ1) is 12.5. The van der Waals surface area contributed by atoms with Crippen LogP contribution in [0.25, 0.3) is 0 Å². The maximum Gasteiger partial charge on any atom is 0.124 e. The number of likely N-dealkylation sites (tertiary alicyclic amines) is 1. The molecule has 1 aliphatic heterocycles. The van der Waals surface area contributed by atoms with Gasteiger partial charge in [-0.2, -0.15) is 5.26 Å². The van der Waals surface area contributed by atoms with E-state index in [9.17, 15) is 5.26 Å². The highest BCUT2D eigenvalue weighted by atomic mass is 15.3. The fourth-order valence-electron chi connectivity index (χ4n) is 2.53. The van der Waals surface area contributed by atoms with Crippen molar-refractivity contribution in [3.63, 3.8) is 0 Å². The van der Waals surface area contributed by atoms with Crippen molar-refractivity contribution < 1.29 is 0 Å². The summed E-state index contributed by atoms with van der Waals surface area (Å²) in [6, 6.07) is 12.6. The summed E-state index contributed by atoms with van der Waals surface area (Å²) >= 11 is 0. The highest BCUT2D eigenvalue weighted by Crippen LogP contribution is 2.38. The van der Waals surface area contributed by atoms with Gasteiger partial charge < -0.3 is 0 Å². The standard InChI is InChI=1S/C15H17N3/c1-3-15(12-16)9-10-18(14(15)17-2)11-13-7-5-4-6-8-13/h3-8,14H,1-2,9-11H2/t14?,15-/m0/s1. The van der Waals surface area contributed by atoms with E-state index in [1.807, 2.05) is 18.2 Å². The van der Waals surface area contributed by atoms with Crippen molar-refractivity contribution in [2.45, 2.75) is 19.1 Å². The lowest BCUT2D eigenvalue weighted by Gasteiger charge is -2.27. The predicted molar refractivity (Wildman–Crippen MR) is 73.0 cm³/mol. The Morgan fingerprint density at radius 3 is 2.78 bits per heavy atom. The molecule has 3 nitrogen and oxygen atoms in total. The average molecular weight is 239 g/mol. The molecule has 1 fully saturated rings. The van der Waals surface area contributed by atoms with Crippen molar-refractivity contribution in [3.8, 4) is 6.07 Å². The van der Waals surface area contributed by atoms with Gasteiger partial charge in [0.2, 0.25) is 0 Å². The minimum absolute atomic E-state index is 0.194. The minimum Gasteiger partial charge on any atom is -0.280 e. The Hall–Kier alpha value is -1.92. The molecule has 0 saturated carbocycles. The maximum atomic E-state index is 9.37. The number of benzene rings is 1. The molecule has 0 radical (unpaired) electrons. The Labute approximate surface area is 108 Å². The van der Waals surface area contributed by atoms with Gasteiger partial charge in [0.05, 0.1) is 6.07 Å². The second kappa shape index (κ2) is 5.16. The van der Waals surface area contributed by atoms with Gasteiger partial charge in [0, 0.05) is 13.1 Å². The first-order valence-electron chi connectivity index (χ1n) is 6.04. The molecule has 0 N–H and O–H groups in total. The molecule has 1 saturated heterocycles. The van der Waals surface area contributed by atoms with Crippen molar-refractivity contribution in [2.24, 2.45) is 10.4 Å². The van der Waals surface area contributed by atoms with Crippen LogP contribution in [0.4, 0.5) is 0 Å². The third-order valence-corrected chi connectivity index (χ3v) is 3.59. The second-order valence-electron chi connectivity index (χ2n) is 4.62. The van der Waals surface area contributed by atoms with Crippen LogP contribution in [0.3, 0.4) is 0 Å². The first-order chi connectivity index (χ1) is 8.75. The molecule has 0 aromatic heterocycles. The summed E-state index contributed by atoms with van der Waals surface area (Å²) in [5, 5.41) is 9.37. The van der Waals surface area contributed by atoms with Crippen LogP contribution in [0, 0.1) is 16.7 Å². The van der Waals surface area contributed by atoms with Gasteiger partial charge in [0.15, 0.2) is 0 Å². The molecule has 1 aromatic rings. The van der Waals surface area contributed by atoms with Gasteiger partial charge >= 0.3 is 0 Å². The van der Waals surface area contributed by atoms with E-state index in [1.165, 1.54) is 5.56 Å². The Morgan fingerprint density at radius 2 is 2.22 bits per heavy atom. The Kier molecular flexibility index (Phi) is 3.59. The third-order valence-electron chi connectivity index (χ3n) is 3.59. The summed E-state index contributed by atoms with van der Waals surface area (Å²) in [5.41, 5.74) is 0.639. The molecule has 1 unspecified atom stereocenters.